The summed E-state index contributed by atoms with van der Waals surface area (Å²) in [6, 6.07) is 7.86. The Bertz CT molecular complexity index is 990. The summed E-state index contributed by atoms with van der Waals surface area (Å²) in [6.45, 7) is 8.91. The first-order valence-corrected chi connectivity index (χ1v) is 12.4. The fraction of sp³-hybridized carbons (Fsp3) is 0.417. The van der Waals surface area contributed by atoms with Gasteiger partial charge in [-0.15, -0.1) is 23.5 Å². The molecular formula is C24H32N2OS2. The minimum Gasteiger partial charge on any atom is -0.324 e. The van der Waals surface area contributed by atoms with Crippen LogP contribution in [0.15, 0.2) is 57.4 Å². The maximum Gasteiger partial charge on any atom is 0.192 e. The Morgan fingerprint density at radius 3 is 2.45 bits per heavy atom. The summed E-state index contributed by atoms with van der Waals surface area (Å²) in [5, 5.41) is 0.767. The summed E-state index contributed by atoms with van der Waals surface area (Å²) >= 11 is 3.32. The summed E-state index contributed by atoms with van der Waals surface area (Å²) in [5.74, 6) is 0. The lowest BCUT2D eigenvalue weighted by atomic mass is 10.0. The van der Waals surface area contributed by atoms with Crippen molar-refractivity contribution in [3.05, 3.63) is 69.0 Å². The number of benzene rings is 1. The maximum absolute atomic E-state index is 13.0. The number of allylic oxidation sites excluding steroid dienone is 4. The quantitative estimate of drug-likeness (QED) is 0.284. The molecule has 1 aromatic carbocycles. The molecule has 156 valence electrons. The van der Waals surface area contributed by atoms with Gasteiger partial charge >= 0.3 is 0 Å². The minimum atomic E-state index is 0.126. The monoisotopic (exact) mass is 428 g/mol. The van der Waals surface area contributed by atoms with Crippen molar-refractivity contribution in [3.8, 4) is 0 Å². The Kier molecular flexibility index (Phi) is 9.31. The van der Waals surface area contributed by atoms with Crippen LogP contribution in [0.1, 0.15) is 44.9 Å². The van der Waals surface area contributed by atoms with Gasteiger partial charge in [0.25, 0.3) is 0 Å². The molecule has 0 aliphatic rings. The zero-order valence-electron chi connectivity index (χ0n) is 18.4. The van der Waals surface area contributed by atoms with Crippen LogP contribution in [0, 0.1) is 6.92 Å². The first-order valence-electron chi connectivity index (χ1n) is 9.91. The Morgan fingerprint density at radius 1 is 1.10 bits per heavy atom. The summed E-state index contributed by atoms with van der Waals surface area (Å²) in [5.41, 5.74) is 5.67. The zero-order chi connectivity index (χ0) is 21.4. The lowest BCUT2D eigenvalue weighted by molar-refractivity contribution is 0.715. The zero-order valence-corrected chi connectivity index (χ0v) is 20.0. The van der Waals surface area contributed by atoms with E-state index >= 15 is 0 Å². The molecular weight excluding hydrogens is 396 g/mol. The van der Waals surface area contributed by atoms with E-state index in [0.29, 0.717) is 6.67 Å². The van der Waals surface area contributed by atoms with Crippen LogP contribution in [0.3, 0.4) is 0 Å². The topological polar surface area (TPSA) is 34.4 Å². The molecule has 0 aliphatic carbocycles. The van der Waals surface area contributed by atoms with Crippen molar-refractivity contribution >= 4 is 38.8 Å². The number of hydrogen-bond donors (Lipinski definition) is 0. The van der Waals surface area contributed by atoms with Crippen molar-refractivity contribution in [2.24, 2.45) is 4.99 Å². The molecule has 29 heavy (non-hydrogen) atoms. The molecule has 0 saturated carbocycles. The predicted molar refractivity (Wildman–Crippen MR) is 134 cm³/mol. The molecule has 0 spiro atoms. The molecule has 0 fully saturated rings. The standard InChI is InChI=1S/C24H32N2OS2/c1-17(2)10-9-11-18(3)14-15-21-19(4)23(27)20-12-7-8-13-22(20)26(21)16-25-24(28-5)29-6/h7-8,10,12-14H,9,11,15-16H2,1-6H3/b18-14+. The van der Waals surface area contributed by atoms with Crippen LogP contribution in [0.25, 0.3) is 10.9 Å². The third kappa shape index (κ3) is 6.38. The average molecular weight is 429 g/mol. The van der Waals surface area contributed by atoms with E-state index in [-0.39, 0.29) is 5.43 Å². The molecule has 0 unspecified atom stereocenters. The summed E-state index contributed by atoms with van der Waals surface area (Å²) in [4.78, 5) is 17.7. The maximum atomic E-state index is 13.0. The Hall–Kier alpha value is -1.72. The fourth-order valence-electron chi connectivity index (χ4n) is 3.31. The Labute approximate surface area is 183 Å². The van der Waals surface area contributed by atoms with Crippen molar-refractivity contribution < 1.29 is 0 Å². The number of aliphatic imine (C=N–C) groups is 1. The molecule has 1 aromatic heterocycles. The highest BCUT2D eigenvalue weighted by atomic mass is 32.2. The molecule has 0 bridgehead atoms. The highest BCUT2D eigenvalue weighted by molar-refractivity contribution is 8.38. The number of aromatic nitrogens is 1. The van der Waals surface area contributed by atoms with Crippen LogP contribution >= 0.6 is 23.5 Å². The molecule has 0 atom stereocenters. The van der Waals surface area contributed by atoms with Crippen LogP contribution in [-0.2, 0) is 13.1 Å². The van der Waals surface area contributed by atoms with Gasteiger partial charge in [-0.2, -0.15) is 0 Å². The molecule has 0 radical (unpaired) electrons. The number of fused-ring (bicyclic) bond motifs is 1. The highest BCUT2D eigenvalue weighted by Crippen LogP contribution is 2.20. The van der Waals surface area contributed by atoms with Gasteiger partial charge in [0, 0.05) is 23.1 Å². The van der Waals surface area contributed by atoms with Crippen LogP contribution in [0.2, 0.25) is 0 Å². The van der Waals surface area contributed by atoms with Gasteiger partial charge in [0.1, 0.15) is 11.0 Å². The molecule has 5 heteroatoms. The highest BCUT2D eigenvalue weighted by Gasteiger charge is 2.13. The van der Waals surface area contributed by atoms with Gasteiger partial charge in [-0.05, 0) is 65.2 Å². The summed E-state index contributed by atoms with van der Waals surface area (Å²) < 4.78 is 3.25. The fourth-order valence-corrected chi connectivity index (χ4v) is 4.35. The SMILES string of the molecule is CSC(=NCn1c(C/C=C(\C)CCC=C(C)C)c(C)c(=O)c2ccccc21)SC. The van der Waals surface area contributed by atoms with E-state index in [1.807, 2.05) is 43.7 Å². The van der Waals surface area contributed by atoms with Gasteiger partial charge in [0.05, 0.1) is 5.52 Å². The Morgan fingerprint density at radius 2 is 1.79 bits per heavy atom. The molecule has 0 amide bonds. The van der Waals surface area contributed by atoms with E-state index in [1.165, 1.54) is 11.1 Å². The molecule has 3 nitrogen and oxygen atoms in total. The summed E-state index contributed by atoms with van der Waals surface area (Å²) in [6.07, 6.45) is 11.5. The van der Waals surface area contributed by atoms with Gasteiger partial charge in [-0.25, -0.2) is 4.99 Å². The smallest absolute Gasteiger partial charge is 0.192 e. The van der Waals surface area contributed by atoms with E-state index < -0.39 is 0 Å². The van der Waals surface area contributed by atoms with Crippen LogP contribution < -0.4 is 5.43 Å². The van der Waals surface area contributed by atoms with Crippen LogP contribution in [0.5, 0.6) is 0 Å². The lowest BCUT2D eigenvalue weighted by Crippen LogP contribution is -2.18. The van der Waals surface area contributed by atoms with E-state index in [2.05, 4.69) is 37.5 Å². The summed E-state index contributed by atoms with van der Waals surface area (Å²) in [7, 11) is 0. The second-order valence-electron chi connectivity index (χ2n) is 7.39. The second kappa shape index (κ2) is 11.5. The molecule has 2 rings (SSSR count). The number of rotatable bonds is 7. The van der Waals surface area contributed by atoms with E-state index in [9.17, 15) is 4.79 Å². The predicted octanol–water partition coefficient (Wildman–Crippen LogP) is 6.58. The number of para-hydroxylation sites is 1. The third-order valence-electron chi connectivity index (χ3n) is 4.96. The minimum absolute atomic E-state index is 0.126. The van der Waals surface area contributed by atoms with Gasteiger partial charge in [-0.3, -0.25) is 4.79 Å². The molecule has 0 N–H and O–H groups in total. The molecule has 2 aromatic rings. The van der Waals surface area contributed by atoms with Crippen molar-refractivity contribution in [1.82, 2.24) is 4.57 Å². The van der Waals surface area contributed by atoms with Gasteiger partial charge < -0.3 is 4.57 Å². The van der Waals surface area contributed by atoms with E-state index in [1.54, 1.807) is 23.5 Å². The van der Waals surface area contributed by atoms with Gasteiger partial charge in [0.15, 0.2) is 5.43 Å². The Balaban J connectivity index is 2.48. The first kappa shape index (κ1) is 23.6. The van der Waals surface area contributed by atoms with Crippen molar-refractivity contribution in [1.29, 1.82) is 0 Å². The third-order valence-corrected chi connectivity index (χ3v) is 6.92. The average Bonchev–Trinajstić information content (AvgIpc) is 2.71. The van der Waals surface area contributed by atoms with E-state index in [4.69, 9.17) is 4.99 Å². The van der Waals surface area contributed by atoms with Crippen LogP contribution in [0.4, 0.5) is 0 Å². The number of pyridine rings is 1. The number of nitrogens with zero attached hydrogens (tertiary/aromatic N) is 2. The molecule has 1 heterocycles. The first-order chi connectivity index (χ1) is 13.9. The van der Waals surface area contributed by atoms with E-state index in [0.717, 1.165) is 45.8 Å². The number of thioether (sulfide) groups is 2. The largest absolute Gasteiger partial charge is 0.324 e. The van der Waals surface area contributed by atoms with Gasteiger partial charge in [0.2, 0.25) is 0 Å². The number of hydrogen-bond acceptors (Lipinski definition) is 4. The lowest BCUT2D eigenvalue weighted by Gasteiger charge is -2.17. The normalized spacial score (nSPS) is 11.6. The molecule has 0 aliphatic heterocycles. The van der Waals surface area contributed by atoms with Crippen molar-refractivity contribution in [2.75, 3.05) is 12.5 Å². The van der Waals surface area contributed by atoms with Crippen molar-refractivity contribution in [2.45, 2.75) is 53.6 Å². The van der Waals surface area contributed by atoms with Crippen molar-refractivity contribution in [3.63, 3.8) is 0 Å². The van der Waals surface area contributed by atoms with Crippen LogP contribution in [-0.4, -0.2) is 21.5 Å². The van der Waals surface area contributed by atoms with Gasteiger partial charge in [-0.1, -0.05) is 35.4 Å². The molecule has 0 saturated heterocycles. The second-order valence-corrected chi connectivity index (χ2v) is 9.24.